The molecule has 6 bridgehead atoms. The SMILES string of the molecule is CCn1c(-c2cccnc2[C@H](C)OC)c2c3cc(ccc31)-c1csc(n1)C[C@H](NC(=O)N1CCC[C@@H]1C)C(=O)N1CCC[C@H](N1)C(=O)OCC(C)(C)C2.S.S.S.S. The number of urea groups is 1. The van der Waals surface area contributed by atoms with Crippen molar-refractivity contribution in [2.24, 2.45) is 5.41 Å². The van der Waals surface area contributed by atoms with Crippen LogP contribution in [0.3, 0.4) is 0 Å². The van der Waals surface area contributed by atoms with Crippen molar-refractivity contribution >= 4 is 94.1 Å². The van der Waals surface area contributed by atoms with E-state index in [1.165, 1.54) is 16.3 Å². The lowest BCUT2D eigenvalue weighted by atomic mass is 9.84. The quantitative estimate of drug-likeness (QED) is 0.211. The van der Waals surface area contributed by atoms with Crippen molar-refractivity contribution in [3.05, 3.63) is 58.2 Å². The molecule has 3 aromatic heterocycles. The largest absolute Gasteiger partial charge is 0.464 e. The number of rotatable bonds is 5. The van der Waals surface area contributed by atoms with Crippen LogP contribution in [-0.4, -0.2) is 87.3 Å². The molecule has 1 aromatic carbocycles. The van der Waals surface area contributed by atoms with Gasteiger partial charge in [-0.3, -0.25) is 19.6 Å². The number of nitrogens with one attached hydrogen (secondary N) is 2. The van der Waals surface area contributed by atoms with E-state index < -0.39 is 23.5 Å². The van der Waals surface area contributed by atoms with Gasteiger partial charge in [-0.25, -0.2) is 15.2 Å². The number of hydrogen-bond acceptors (Lipinski definition) is 9. The molecule has 3 amide bonds. The van der Waals surface area contributed by atoms with E-state index in [1.807, 2.05) is 25.3 Å². The van der Waals surface area contributed by atoms with Crippen LogP contribution in [-0.2, 0) is 38.4 Å². The number of thiazole rings is 1. The number of ether oxygens (including phenoxy) is 2. The first kappa shape index (κ1) is 48.4. The second-order valence-corrected chi connectivity index (χ2v) is 16.3. The Kier molecular flexibility index (Phi) is 17.3. The Bertz CT molecular complexity index is 2020. The number of benzene rings is 1. The summed E-state index contributed by atoms with van der Waals surface area (Å²) in [5.74, 6) is -0.687. The molecule has 12 nitrogen and oxygen atoms in total. The van der Waals surface area contributed by atoms with Crippen LogP contribution in [0.1, 0.15) is 82.7 Å². The minimum absolute atomic E-state index is 0. The third-order valence-electron chi connectivity index (χ3n) is 10.9. The molecular formula is C40H59N7O5S5. The number of methoxy groups -OCH3 is 1. The first-order valence-electron chi connectivity index (χ1n) is 18.9. The summed E-state index contributed by atoms with van der Waals surface area (Å²) in [6, 6.07) is 8.84. The number of hydrogen-bond donors (Lipinski definition) is 2. The molecule has 4 aromatic rings. The van der Waals surface area contributed by atoms with Gasteiger partial charge in [0.1, 0.15) is 12.1 Å². The summed E-state index contributed by atoms with van der Waals surface area (Å²) in [4.78, 5) is 52.9. The maximum Gasteiger partial charge on any atom is 0.324 e. The van der Waals surface area contributed by atoms with Crippen LogP contribution in [0.4, 0.5) is 4.79 Å². The van der Waals surface area contributed by atoms with Gasteiger partial charge in [-0.15, -0.1) is 11.3 Å². The molecule has 3 aliphatic heterocycles. The average Bonchev–Trinajstić information content (AvgIpc) is 3.89. The number of amides is 3. The van der Waals surface area contributed by atoms with Gasteiger partial charge < -0.3 is 24.3 Å². The zero-order valence-corrected chi connectivity index (χ0v) is 38.4. The fourth-order valence-corrected chi connectivity index (χ4v) is 8.88. The summed E-state index contributed by atoms with van der Waals surface area (Å²) in [5, 5.41) is 8.39. The Morgan fingerprint density at radius 3 is 2.58 bits per heavy atom. The number of esters is 1. The highest BCUT2D eigenvalue weighted by Gasteiger charge is 2.37. The van der Waals surface area contributed by atoms with Gasteiger partial charge in [0.25, 0.3) is 5.91 Å². The summed E-state index contributed by atoms with van der Waals surface area (Å²) < 4.78 is 14.2. The molecule has 0 aliphatic carbocycles. The molecule has 4 atom stereocenters. The van der Waals surface area contributed by atoms with E-state index in [1.54, 1.807) is 18.2 Å². The van der Waals surface area contributed by atoms with Crippen LogP contribution in [0.2, 0.25) is 0 Å². The van der Waals surface area contributed by atoms with Crippen molar-refractivity contribution in [2.45, 2.75) is 104 Å². The predicted molar refractivity (Wildman–Crippen MR) is 247 cm³/mol. The monoisotopic (exact) mass is 877 g/mol. The number of cyclic esters (lactones) is 1. The van der Waals surface area contributed by atoms with E-state index >= 15 is 0 Å². The van der Waals surface area contributed by atoms with E-state index in [4.69, 9.17) is 19.4 Å². The first-order chi connectivity index (χ1) is 25.5. The van der Waals surface area contributed by atoms with Gasteiger partial charge in [0.2, 0.25) is 0 Å². The number of carbonyl (C=O) groups is 3. The third kappa shape index (κ3) is 10.1. The van der Waals surface area contributed by atoms with Crippen LogP contribution in [0.15, 0.2) is 41.9 Å². The summed E-state index contributed by atoms with van der Waals surface area (Å²) in [6.45, 7) is 12.4. The van der Waals surface area contributed by atoms with Gasteiger partial charge in [0.05, 0.1) is 34.8 Å². The standard InChI is InChI=1S/C40H51N7O5S.4H2S/c1-7-45-33-15-14-26-19-28(33)29(36(45)27-12-8-16-41-35(27)25(3)51-6)21-40(4,5)23-52-38(49)30-13-10-18-47(44-30)37(48)31(20-34-42-32(26)22-53-34)43-39(50)46-17-9-11-24(46)2;;;;/h8,12,14-16,19,22,24-25,30-31,44H,7,9-11,13,17-18,20-21,23H2,1-6H3,(H,43,50);4*1H2/t24-,25-,30-,31-;;;;/m0..../s1. The Balaban J connectivity index is 0.00000218. The summed E-state index contributed by atoms with van der Waals surface area (Å²) >= 11 is 1.48. The van der Waals surface area contributed by atoms with Crippen molar-refractivity contribution in [3.8, 4) is 22.5 Å². The number of aromatic nitrogens is 3. The maximum absolute atomic E-state index is 14.2. The first-order valence-corrected chi connectivity index (χ1v) is 19.7. The Labute approximate surface area is 368 Å². The van der Waals surface area contributed by atoms with E-state index in [-0.39, 0.29) is 91.1 Å². The third-order valence-corrected chi connectivity index (χ3v) is 11.8. The van der Waals surface area contributed by atoms with Crippen molar-refractivity contribution in [2.75, 3.05) is 26.8 Å². The van der Waals surface area contributed by atoms with E-state index in [0.717, 1.165) is 69.1 Å². The molecule has 17 heteroatoms. The highest BCUT2D eigenvalue weighted by atomic mass is 32.1. The molecule has 3 aliphatic rings. The van der Waals surface area contributed by atoms with Crippen LogP contribution >= 0.6 is 65.3 Å². The van der Waals surface area contributed by atoms with E-state index in [2.05, 4.69) is 60.3 Å². The van der Waals surface area contributed by atoms with Crippen molar-refractivity contribution in [3.63, 3.8) is 0 Å². The number of carbonyl (C=O) groups excluding carboxylic acids is 3. The number of pyridine rings is 1. The molecule has 314 valence electrons. The minimum Gasteiger partial charge on any atom is -0.464 e. The topological polar surface area (TPSA) is 131 Å². The Morgan fingerprint density at radius 2 is 1.88 bits per heavy atom. The molecule has 2 saturated heterocycles. The number of likely N-dealkylation sites (tertiary alicyclic amines) is 1. The number of fused-ring (bicyclic) bond motifs is 6. The fourth-order valence-electron chi connectivity index (χ4n) is 8.03. The Morgan fingerprint density at radius 1 is 1.12 bits per heavy atom. The van der Waals surface area contributed by atoms with Crippen LogP contribution in [0, 0.1) is 5.41 Å². The van der Waals surface area contributed by atoms with Crippen molar-refractivity contribution in [1.29, 1.82) is 0 Å². The minimum atomic E-state index is -0.868. The van der Waals surface area contributed by atoms with Crippen LogP contribution in [0.25, 0.3) is 33.4 Å². The van der Waals surface area contributed by atoms with Crippen LogP contribution < -0.4 is 10.7 Å². The Hall–Kier alpha value is -2.93. The lowest BCUT2D eigenvalue weighted by Gasteiger charge is -2.36. The second kappa shape index (κ2) is 20.4. The van der Waals surface area contributed by atoms with Gasteiger partial charge in [0, 0.05) is 78.2 Å². The van der Waals surface area contributed by atoms with Gasteiger partial charge in [0.15, 0.2) is 0 Å². The number of aryl methyl sites for hydroxylation is 1. The predicted octanol–water partition coefficient (Wildman–Crippen LogP) is 6.73. The molecule has 6 heterocycles. The van der Waals surface area contributed by atoms with Crippen LogP contribution in [0.5, 0.6) is 0 Å². The van der Waals surface area contributed by atoms with Gasteiger partial charge in [-0.05, 0) is 82.7 Å². The van der Waals surface area contributed by atoms with E-state index in [9.17, 15) is 14.4 Å². The normalized spacial score (nSPS) is 21.2. The summed E-state index contributed by atoms with van der Waals surface area (Å²) in [6.07, 6.45) is 5.47. The smallest absolute Gasteiger partial charge is 0.324 e. The van der Waals surface area contributed by atoms with Crippen molar-refractivity contribution in [1.82, 2.24) is 35.2 Å². The molecule has 0 spiro atoms. The second-order valence-electron chi connectivity index (χ2n) is 15.4. The zero-order chi connectivity index (χ0) is 37.4. The molecule has 7 rings (SSSR count). The van der Waals surface area contributed by atoms with Gasteiger partial charge in [-0.2, -0.15) is 54.0 Å². The fraction of sp³-hybridized carbons (Fsp3) is 0.525. The number of hydrazine groups is 1. The molecule has 0 radical (unpaired) electrons. The zero-order valence-electron chi connectivity index (χ0n) is 33.6. The van der Waals surface area contributed by atoms with Gasteiger partial charge >= 0.3 is 12.0 Å². The molecule has 0 unspecified atom stereocenters. The molecule has 2 N–H and O–H groups in total. The highest BCUT2D eigenvalue weighted by molar-refractivity contribution is 7.59. The average molecular weight is 878 g/mol. The maximum atomic E-state index is 14.2. The highest BCUT2D eigenvalue weighted by Crippen LogP contribution is 2.42. The summed E-state index contributed by atoms with van der Waals surface area (Å²) in [5.41, 5.74) is 9.66. The molecular weight excluding hydrogens is 819 g/mol. The van der Waals surface area contributed by atoms with E-state index in [0.29, 0.717) is 32.4 Å². The van der Waals surface area contributed by atoms with Gasteiger partial charge in [-0.1, -0.05) is 19.9 Å². The molecule has 2 fully saturated rings. The lowest BCUT2D eigenvalue weighted by molar-refractivity contribution is -0.155. The lowest BCUT2D eigenvalue weighted by Crippen LogP contribution is -2.61. The molecule has 57 heavy (non-hydrogen) atoms. The number of nitrogens with zero attached hydrogens (tertiary/aromatic N) is 5. The van der Waals surface area contributed by atoms with Crippen molar-refractivity contribution < 1.29 is 23.9 Å². The summed E-state index contributed by atoms with van der Waals surface area (Å²) in [7, 11) is 1.70. The molecule has 0 saturated carbocycles.